The molecule has 0 amide bonds. The van der Waals surface area contributed by atoms with E-state index >= 15 is 0 Å². The minimum atomic E-state index is -4.72. The number of esters is 1. The SMILES string of the molecule is CCOC(=O)CNc1nc(-c2cccs2)cc(C(F)(F)F)c1C#N. The van der Waals surface area contributed by atoms with Gasteiger partial charge in [0.15, 0.2) is 0 Å². The maximum atomic E-state index is 13.3. The van der Waals surface area contributed by atoms with Gasteiger partial charge < -0.3 is 10.1 Å². The van der Waals surface area contributed by atoms with Gasteiger partial charge in [-0.15, -0.1) is 11.3 Å². The summed E-state index contributed by atoms with van der Waals surface area (Å²) in [6.45, 7) is 1.36. The molecule has 2 heterocycles. The highest BCUT2D eigenvalue weighted by atomic mass is 32.1. The number of rotatable bonds is 5. The van der Waals surface area contributed by atoms with Crippen molar-refractivity contribution in [3.63, 3.8) is 0 Å². The number of hydrogen-bond acceptors (Lipinski definition) is 6. The molecule has 0 aliphatic rings. The van der Waals surface area contributed by atoms with E-state index in [-0.39, 0.29) is 24.7 Å². The zero-order chi connectivity index (χ0) is 17.7. The first-order chi connectivity index (χ1) is 11.4. The summed E-state index contributed by atoms with van der Waals surface area (Å²) >= 11 is 1.22. The molecular formula is C15H12F3N3O2S. The number of nitriles is 1. The third-order valence-corrected chi connectivity index (χ3v) is 3.81. The van der Waals surface area contributed by atoms with Crippen LogP contribution in [0, 0.1) is 11.3 Å². The summed E-state index contributed by atoms with van der Waals surface area (Å²) in [4.78, 5) is 16.0. The lowest BCUT2D eigenvalue weighted by Crippen LogP contribution is -2.19. The number of ether oxygens (including phenoxy) is 1. The molecule has 0 aliphatic carbocycles. The minimum absolute atomic E-state index is 0.0719. The highest BCUT2D eigenvalue weighted by Crippen LogP contribution is 2.37. The quantitative estimate of drug-likeness (QED) is 0.828. The average molecular weight is 355 g/mol. The second-order valence-electron chi connectivity index (χ2n) is 4.52. The van der Waals surface area contributed by atoms with Crippen LogP contribution in [0.15, 0.2) is 23.6 Å². The summed E-state index contributed by atoms with van der Waals surface area (Å²) in [5.74, 6) is -0.956. The van der Waals surface area contributed by atoms with Gasteiger partial charge in [0, 0.05) is 0 Å². The summed E-state index contributed by atoms with van der Waals surface area (Å²) in [6.07, 6.45) is -4.72. The molecule has 0 fully saturated rings. The number of anilines is 1. The van der Waals surface area contributed by atoms with Crippen LogP contribution in [0.4, 0.5) is 19.0 Å². The molecule has 0 radical (unpaired) electrons. The molecule has 9 heteroatoms. The number of pyridine rings is 1. The second kappa shape index (κ2) is 7.31. The van der Waals surface area contributed by atoms with E-state index in [1.54, 1.807) is 24.4 Å². The van der Waals surface area contributed by atoms with Crippen LogP contribution in [0.25, 0.3) is 10.6 Å². The van der Waals surface area contributed by atoms with Crippen molar-refractivity contribution in [1.29, 1.82) is 5.26 Å². The van der Waals surface area contributed by atoms with Gasteiger partial charge in [0.1, 0.15) is 24.0 Å². The van der Waals surface area contributed by atoms with E-state index in [4.69, 9.17) is 10.00 Å². The van der Waals surface area contributed by atoms with Crippen LogP contribution in [0.1, 0.15) is 18.1 Å². The number of carbonyl (C=O) groups excluding carboxylic acids is 1. The molecule has 126 valence electrons. The van der Waals surface area contributed by atoms with E-state index in [0.717, 1.165) is 6.07 Å². The number of hydrogen-bond donors (Lipinski definition) is 1. The third-order valence-electron chi connectivity index (χ3n) is 2.92. The highest BCUT2D eigenvalue weighted by molar-refractivity contribution is 7.13. The van der Waals surface area contributed by atoms with Crippen molar-refractivity contribution in [2.75, 3.05) is 18.5 Å². The van der Waals surface area contributed by atoms with Crippen LogP contribution in [-0.2, 0) is 15.7 Å². The van der Waals surface area contributed by atoms with Crippen LogP contribution in [0.3, 0.4) is 0 Å². The molecule has 2 aromatic heterocycles. The largest absolute Gasteiger partial charge is 0.465 e. The molecule has 0 spiro atoms. The Labute approximate surface area is 139 Å². The zero-order valence-corrected chi connectivity index (χ0v) is 13.3. The molecule has 0 atom stereocenters. The molecule has 0 aliphatic heterocycles. The number of thiophene rings is 1. The van der Waals surface area contributed by atoms with Crippen molar-refractivity contribution in [3.8, 4) is 16.6 Å². The van der Waals surface area contributed by atoms with Crippen molar-refractivity contribution in [2.45, 2.75) is 13.1 Å². The van der Waals surface area contributed by atoms with E-state index in [0.29, 0.717) is 4.88 Å². The number of aromatic nitrogens is 1. The number of carbonyl (C=O) groups is 1. The van der Waals surface area contributed by atoms with Crippen LogP contribution in [-0.4, -0.2) is 24.1 Å². The van der Waals surface area contributed by atoms with Crippen molar-refractivity contribution in [2.24, 2.45) is 0 Å². The van der Waals surface area contributed by atoms with Crippen LogP contribution in [0.5, 0.6) is 0 Å². The average Bonchev–Trinajstić information content (AvgIpc) is 3.05. The standard InChI is InChI=1S/C15H12F3N3O2S/c1-2-23-13(22)8-20-14-9(7-19)10(15(16,17)18)6-11(21-14)12-4-3-5-24-12/h3-6H,2,8H2,1H3,(H,20,21). The van der Waals surface area contributed by atoms with Gasteiger partial charge in [0.2, 0.25) is 0 Å². The smallest absolute Gasteiger partial charge is 0.417 e. The van der Waals surface area contributed by atoms with E-state index in [1.165, 1.54) is 17.4 Å². The van der Waals surface area contributed by atoms with Crippen molar-refractivity contribution in [3.05, 3.63) is 34.7 Å². The first-order valence-corrected chi connectivity index (χ1v) is 7.70. The first-order valence-electron chi connectivity index (χ1n) is 6.82. The third kappa shape index (κ3) is 4.02. The summed E-state index contributed by atoms with van der Waals surface area (Å²) in [6, 6.07) is 5.64. The van der Waals surface area contributed by atoms with Crippen molar-refractivity contribution in [1.82, 2.24) is 4.98 Å². The molecule has 1 N–H and O–H groups in total. The van der Waals surface area contributed by atoms with E-state index < -0.39 is 23.3 Å². The van der Waals surface area contributed by atoms with Gasteiger partial charge >= 0.3 is 12.1 Å². The predicted molar refractivity (Wildman–Crippen MR) is 82.4 cm³/mol. The van der Waals surface area contributed by atoms with Gasteiger partial charge in [-0.1, -0.05) is 6.07 Å². The zero-order valence-electron chi connectivity index (χ0n) is 12.5. The Bertz CT molecular complexity index is 768. The molecule has 0 saturated carbocycles. The fourth-order valence-corrected chi connectivity index (χ4v) is 2.61. The summed E-state index contributed by atoms with van der Waals surface area (Å²) in [5, 5.41) is 13.3. The van der Waals surface area contributed by atoms with Gasteiger partial charge in [-0.2, -0.15) is 18.4 Å². The van der Waals surface area contributed by atoms with Gasteiger partial charge in [0.05, 0.1) is 22.7 Å². The second-order valence-corrected chi connectivity index (χ2v) is 5.47. The molecule has 0 aromatic carbocycles. The number of halogens is 3. The Morgan fingerprint density at radius 1 is 1.50 bits per heavy atom. The fraction of sp³-hybridized carbons (Fsp3) is 0.267. The molecule has 0 unspecified atom stereocenters. The molecule has 0 saturated heterocycles. The number of nitrogens with one attached hydrogen (secondary N) is 1. The maximum absolute atomic E-state index is 13.3. The lowest BCUT2D eigenvalue weighted by atomic mass is 10.1. The van der Waals surface area contributed by atoms with Crippen LogP contribution in [0.2, 0.25) is 0 Å². The van der Waals surface area contributed by atoms with Crippen LogP contribution < -0.4 is 5.32 Å². The Morgan fingerprint density at radius 3 is 2.79 bits per heavy atom. The predicted octanol–water partition coefficient (Wildman–Crippen LogP) is 3.68. The molecule has 2 rings (SSSR count). The minimum Gasteiger partial charge on any atom is -0.465 e. The molecular weight excluding hydrogens is 343 g/mol. The Hall–Kier alpha value is -2.60. The lowest BCUT2D eigenvalue weighted by molar-refractivity contribution is -0.141. The Kier molecular flexibility index (Phi) is 5.41. The van der Waals surface area contributed by atoms with Crippen molar-refractivity contribution < 1.29 is 22.7 Å². The first kappa shape index (κ1) is 17.7. The molecule has 5 nitrogen and oxygen atoms in total. The summed E-state index contributed by atoms with van der Waals surface area (Å²) < 4.78 is 44.5. The normalized spacial score (nSPS) is 11.0. The maximum Gasteiger partial charge on any atom is 0.417 e. The van der Waals surface area contributed by atoms with Gasteiger partial charge in [-0.3, -0.25) is 4.79 Å². The molecule has 24 heavy (non-hydrogen) atoms. The highest BCUT2D eigenvalue weighted by Gasteiger charge is 2.36. The number of nitrogens with zero attached hydrogens (tertiary/aromatic N) is 2. The topological polar surface area (TPSA) is 75.0 Å². The van der Waals surface area contributed by atoms with E-state index in [1.807, 2.05) is 0 Å². The Morgan fingerprint density at radius 2 is 2.25 bits per heavy atom. The molecule has 0 bridgehead atoms. The summed E-state index contributed by atoms with van der Waals surface area (Å²) in [5.41, 5.74) is -1.69. The van der Waals surface area contributed by atoms with Gasteiger partial charge in [-0.25, -0.2) is 4.98 Å². The monoisotopic (exact) mass is 355 g/mol. The Balaban J connectivity index is 2.49. The van der Waals surface area contributed by atoms with Gasteiger partial charge in [-0.05, 0) is 24.4 Å². The lowest BCUT2D eigenvalue weighted by Gasteiger charge is -2.14. The fourth-order valence-electron chi connectivity index (χ4n) is 1.93. The molecule has 2 aromatic rings. The van der Waals surface area contributed by atoms with Crippen LogP contribution >= 0.6 is 11.3 Å². The van der Waals surface area contributed by atoms with Gasteiger partial charge in [0.25, 0.3) is 0 Å². The number of alkyl halides is 3. The van der Waals surface area contributed by atoms with E-state index in [2.05, 4.69) is 10.3 Å². The van der Waals surface area contributed by atoms with E-state index in [9.17, 15) is 18.0 Å². The summed E-state index contributed by atoms with van der Waals surface area (Å²) in [7, 11) is 0. The van der Waals surface area contributed by atoms with Crippen molar-refractivity contribution >= 4 is 23.1 Å².